The van der Waals surface area contributed by atoms with Gasteiger partial charge in [-0.2, -0.15) is 0 Å². The molecule has 1 aromatic rings. The highest BCUT2D eigenvalue weighted by Crippen LogP contribution is 2.27. The van der Waals surface area contributed by atoms with Crippen LogP contribution >= 0.6 is 15.9 Å². The molecule has 0 saturated carbocycles. The summed E-state index contributed by atoms with van der Waals surface area (Å²) in [5.74, 6) is 0. The van der Waals surface area contributed by atoms with Crippen molar-refractivity contribution >= 4 is 27.3 Å². The van der Waals surface area contributed by atoms with Crippen LogP contribution in [0.5, 0.6) is 0 Å². The number of ether oxygens (including phenoxy) is 1. The molecule has 0 radical (unpaired) electrons. The van der Waals surface area contributed by atoms with Gasteiger partial charge in [0.2, 0.25) is 0 Å². The fourth-order valence-corrected chi connectivity index (χ4v) is 1.86. The van der Waals surface area contributed by atoms with E-state index in [2.05, 4.69) is 27.8 Å². The van der Waals surface area contributed by atoms with Crippen LogP contribution in [-0.4, -0.2) is 19.8 Å². The Morgan fingerprint density at radius 3 is 2.94 bits per heavy atom. The summed E-state index contributed by atoms with van der Waals surface area (Å²) in [6.07, 6.45) is 2.75. The Morgan fingerprint density at radius 2 is 2.24 bits per heavy atom. The number of nitrogens with one attached hydrogen (secondary N) is 1. The largest absolute Gasteiger partial charge is 0.398 e. The first-order chi connectivity index (χ1) is 8.15. The third kappa shape index (κ3) is 4.79. The number of halogens is 1. The van der Waals surface area contributed by atoms with Crippen molar-refractivity contribution < 1.29 is 4.74 Å². The van der Waals surface area contributed by atoms with Crippen molar-refractivity contribution in [2.45, 2.75) is 13.3 Å². The van der Waals surface area contributed by atoms with Gasteiger partial charge in [0.25, 0.3) is 0 Å². The predicted molar refractivity (Wildman–Crippen MR) is 77.4 cm³/mol. The van der Waals surface area contributed by atoms with Gasteiger partial charge in [-0.15, -0.1) is 6.58 Å². The van der Waals surface area contributed by atoms with Gasteiger partial charge >= 0.3 is 0 Å². The zero-order chi connectivity index (χ0) is 12.7. The highest BCUT2D eigenvalue weighted by molar-refractivity contribution is 9.10. The zero-order valence-corrected chi connectivity index (χ0v) is 11.7. The van der Waals surface area contributed by atoms with Gasteiger partial charge in [-0.05, 0) is 47.0 Å². The van der Waals surface area contributed by atoms with Gasteiger partial charge in [-0.1, -0.05) is 6.08 Å². The SMILES string of the molecule is C=CCCOCCNc1cc(C)c(N)cc1Br. The summed E-state index contributed by atoms with van der Waals surface area (Å²) >= 11 is 3.48. The Labute approximate surface area is 111 Å². The number of hydrogen-bond donors (Lipinski definition) is 2. The van der Waals surface area contributed by atoms with Gasteiger partial charge in [0.05, 0.1) is 13.2 Å². The molecular formula is C13H19BrN2O. The molecule has 3 nitrogen and oxygen atoms in total. The molecule has 3 N–H and O–H groups in total. The number of nitrogen functional groups attached to an aromatic ring is 1. The standard InChI is InChI=1S/C13H19BrN2O/c1-3-4-6-17-7-5-16-13-8-10(2)12(15)9-11(13)14/h3,8-9,16H,1,4-7,15H2,2H3. The highest BCUT2D eigenvalue weighted by atomic mass is 79.9. The van der Waals surface area contributed by atoms with E-state index >= 15 is 0 Å². The maximum absolute atomic E-state index is 5.81. The lowest BCUT2D eigenvalue weighted by molar-refractivity contribution is 0.149. The minimum Gasteiger partial charge on any atom is -0.398 e. The van der Waals surface area contributed by atoms with Crippen LogP contribution in [0, 0.1) is 6.92 Å². The second kappa shape index (κ2) is 7.35. The summed E-state index contributed by atoms with van der Waals surface area (Å²) in [5.41, 5.74) is 8.72. The number of hydrogen-bond acceptors (Lipinski definition) is 3. The van der Waals surface area contributed by atoms with Gasteiger partial charge in [0, 0.05) is 22.4 Å². The van der Waals surface area contributed by atoms with Crippen LogP contribution in [0.25, 0.3) is 0 Å². The highest BCUT2D eigenvalue weighted by Gasteiger charge is 2.02. The molecule has 0 fully saturated rings. The van der Waals surface area contributed by atoms with Crippen molar-refractivity contribution in [1.29, 1.82) is 0 Å². The minimum absolute atomic E-state index is 0.684. The van der Waals surface area contributed by atoms with Gasteiger partial charge in [0.1, 0.15) is 0 Å². The van der Waals surface area contributed by atoms with Crippen LogP contribution in [0.3, 0.4) is 0 Å². The molecule has 17 heavy (non-hydrogen) atoms. The summed E-state index contributed by atoms with van der Waals surface area (Å²) in [6, 6.07) is 3.94. The number of benzene rings is 1. The fraction of sp³-hybridized carbons (Fsp3) is 0.385. The van der Waals surface area contributed by atoms with Crippen LogP contribution in [0.15, 0.2) is 29.3 Å². The van der Waals surface area contributed by atoms with E-state index in [-0.39, 0.29) is 0 Å². The van der Waals surface area contributed by atoms with Crippen molar-refractivity contribution in [1.82, 2.24) is 0 Å². The van der Waals surface area contributed by atoms with Crippen LogP contribution in [-0.2, 0) is 4.74 Å². The molecule has 1 rings (SSSR count). The number of rotatable bonds is 7. The van der Waals surface area contributed by atoms with Crippen LogP contribution in [0.1, 0.15) is 12.0 Å². The van der Waals surface area contributed by atoms with Crippen LogP contribution < -0.4 is 11.1 Å². The second-order valence-electron chi connectivity index (χ2n) is 3.81. The number of aryl methyl sites for hydroxylation is 1. The predicted octanol–water partition coefficient (Wildman–Crippen LogP) is 3.34. The lowest BCUT2D eigenvalue weighted by atomic mass is 10.2. The Bertz CT molecular complexity index is 380. The molecule has 0 aliphatic rings. The van der Waals surface area contributed by atoms with E-state index in [0.29, 0.717) is 6.61 Å². The average Bonchev–Trinajstić information content (AvgIpc) is 2.30. The molecule has 0 aliphatic heterocycles. The molecule has 1 aromatic carbocycles. The summed E-state index contributed by atoms with van der Waals surface area (Å²) in [6.45, 7) is 7.83. The van der Waals surface area contributed by atoms with Crippen molar-refractivity contribution in [2.24, 2.45) is 0 Å². The number of nitrogens with two attached hydrogens (primary N) is 1. The molecule has 0 aliphatic carbocycles. The zero-order valence-electron chi connectivity index (χ0n) is 10.1. The molecule has 94 valence electrons. The van der Waals surface area contributed by atoms with E-state index in [9.17, 15) is 0 Å². The summed E-state index contributed by atoms with van der Waals surface area (Å²) in [7, 11) is 0. The third-order valence-electron chi connectivity index (χ3n) is 2.38. The average molecular weight is 299 g/mol. The number of anilines is 2. The maximum Gasteiger partial charge on any atom is 0.0639 e. The molecule has 0 spiro atoms. The Balaban J connectivity index is 2.36. The van der Waals surface area contributed by atoms with Crippen LogP contribution in [0.2, 0.25) is 0 Å². The molecule has 0 heterocycles. The smallest absolute Gasteiger partial charge is 0.0639 e. The van der Waals surface area contributed by atoms with Crippen molar-refractivity contribution in [3.8, 4) is 0 Å². The minimum atomic E-state index is 0.684. The molecule has 4 heteroatoms. The van der Waals surface area contributed by atoms with Crippen LogP contribution in [0.4, 0.5) is 11.4 Å². The Hall–Kier alpha value is -1.00. The van der Waals surface area contributed by atoms with Gasteiger partial charge < -0.3 is 15.8 Å². The normalized spacial score (nSPS) is 10.2. The third-order valence-corrected chi connectivity index (χ3v) is 3.04. The lowest BCUT2D eigenvalue weighted by Gasteiger charge is -2.11. The molecule has 0 atom stereocenters. The van der Waals surface area contributed by atoms with E-state index in [1.807, 2.05) is 25.1 Å². The first-order valence-electron chi connectivity index (χ1n) is 5.63. The van der Waals surface area contributed by atoms with Crippen molar-refractivity contribution in [3.05, 3.63) is 34.8 Å². The molecule has 0 saturated heterocycles. The lowest BCUT2D eigenvalue weighted by Crippen LogP contribution is -2.10. The van der Waals surface area contributed by atoms with E-state index in [4.69, 9.17) is 10.5 Å². The van der Waals surface area contributed by atoms with E-state index in [0.717, 1.165) is 41.0 Å². The fourth-order valence-electron chi connectivity index (χ4n) is 1.36. The summed E-state index contributed by atoms with van der Waals surface area (Å²) in [4.78, 5) is 0. The first-order valence-corrected chi connectivity index (χ1v) is 6.42. The van der Waals surface area contributed by atoms with Gasteiger partial charge in [0.15, 0.2) is 0 Å². The van der Waals surface area contributed by atoms with E-state index < -0.39 is 0 Å². The van der Waals surface area contributed by atoms with Crippen molar-refractivity contribution in [2.75, 3.05) is 30.8 Å². The Kier molecular flexibility index (Phi) is 6.08. The van der Waals surface area contributed by atoms with Gasteiger partial charge in [-0.3, -0.25) is 0 Å². The quantitative estimate of drug-likeness (QED) is 0.461. The molecule has 0 bridgehead atoms. The molecule has 0 aromatic heterocycles. The first kappa shape index (κ1) is 14.1. The van der Waals surface area contributed by atoms with E-state index in [1.54, 1.807) is 0 Å². The topological polar surface area (TPSA) is 47.3 Å². The summed E-state index contributed by atoms with van der Waals surface area (Å²) in [5, 5.41) is 3.30. The second-order valence-corrected chi connectivity index (χ2v) is 4.66. The Morgan fingerprint density at radius 1 is 1.47 bits per heavy atom. The van der Waals surface area contributed by atoms with Gasteiger partial charge in [-0.25, -0.2) is 0 Å². The van der Waals surface area contributed by atoms with E-state index in [1.165, 1.54) is 0 Å². The molecule has 0 unspecified atom stereocenters. The van der Waals surface area contributed by atoms with Crippen molar-refractivity contribution in [3.63, 3.8) is 0 Å². The molecular weight excluding hydrogens is 280 g/mol. The maximum atomic E-state index is 5.81. The molecule has 0 amide bonds. The monoisotopic (exact) mass is 298 g/mol. The summed E-state index contributed by atoms with van der Waals surface area (Å²) < 4.78 is 6.39.